The number of rotatable bonds is 8. The van der Waals surface area contributed by atoms with Crippen LogP contribution in [0.15, 0.2) is 48.5 Å². The fraction of sp³-hybridized carbons (Fsp3) is 0.318. The number of hydrogen-bond donors (Lipinski definition) is 1. The molecule has 2 aromatic rings. The van der Waals surface area contributed by atoms with Gasteiger partial charge in [0.2, 0.25) is 11.7 Å². The van der Waals surface area contributed by atoms with Gasteiger partial charge in [-0.05, 0) is 55.3 Å². The number of nitrogens with one attached hydrogen (secondary N) is 1. The van der Waals surface area contributed by atoms with Gasteiger partial charge in [-0.2, -0.15) is 0 Å². The molecule has 0 aliphatic carbocycles. The minimum atomic E-state index is -0.920. The molecule has 2 rings (SSSR count). The van der Waals surface area contributed by atoms with Crippen molar-refractivity contribution in [2.45, 2.75) is 39.7 Å². The van der Waals surface area contributed by atoms with E-state index in [0.29, 0.717) is 17.7 Å². The van der Waals surface area contributed by atoms with Gasteiger partial charge in [0, 0.05) is 23.6 Å². The Bertz CT molecular complexity index is 829. The number of hydrogen-bond acceptors (Lipinski definition) is 4. The van der Waals surface area contributed by atoms with E-state index in [1.807, 2.05) is 0 Å². The highest BCUT2D eigenvalue weighted by Crippen LogP contribution is 2.14. The summed E-state index contributed by atoms with van der Waals surface area (Å²) in [6.07, 6.45) is -0.412. The highest BCUT2D eigenvalue weighted by Gasteiger charge is 2.19. The first-order chi connectivity index (χ1) is 13.3. The van der Waals surface area contributed by atoms with Gasteiger partial charge in [0.25, 0.3) is 0 Å². The lowest BCUT2D eigenvalue weighted by molar-refractivity contribution is -0.146. The van der Waals surface area contributed by atoms with Crippen molar-refractivity contribution in [1.82, 2.24) is 0 Å². The molecular formula is C22H24FNO4. The first kappa shape index (κ1) is 21.3. The average molecular weight is 385 g/mol. The predicted octanol–water partition coefficient (Wildman–Crippen LogP) is 4.17. The molecule has 0 spiro atoms. The highest BCUT2D eigenvalue weighted by molar-refractivity contribution is 6.01. The van der Waals surface area contributed by atoms with Crippen LogP contribution in [-0.2, 0) is 20.7 Å². The molecule has 0 unspecified atom stereocenters. The van der Waals surface area contributed by atoms with Crippen LogP contribution in [0.1, 0.15) is 43.1 Å². The molecule has 0 bridgehead atoms. The van der Waals surface area contributed by atoms with Crippen molar-refractivity contribution >= 4 is 23.3 Å². The minimum absolute atomic E-state index is 0.101. The molecule has 0 aliphatic rings. The molecule has 1 amide bonds. The summed E-state index contributed by atoms with van der Waals surface area (Å²) in [5, 5.41) is 2.75. The first-order valence-electron chi connectivity index (χ1n) is 9.15. The summed E-state index contributed by atoms with van der Waals surface area (Å²) in [6.45, 7) is 5.10. The van der Waals surface area contributed by atoms with Crippen LogP contribution in [0.3, 0.4) is 0 Å². The van der Waals surface area contributed by atoms with E-state index < -0.39 is 12.1 Å². The van der Waals surface area contributed by atoms with Crippen LogP contribution in [-0.4, -0.2) is 23.8 Å². The number of anilines is 1. The van der Waals surface area contributed by atoms with E-state index in [2.05, 4.69) is 5.32 Å². The standard InChI is InChI=1S/C22H24FNO4/c1-14(2)22(27)24-19-11-7-17(8-12-19)21(26)15(3)28-20(25)13-6-16-4-9-18(23)10-5-16/h4-5,7-12,14-15H,6,13H2,1-3H3,(H,24,27)/t15-/m0/s1. The number of Topliss-reactive ketones (excluding diaryl/α,β-unsaturated/α-hetero) is 1. The minimum Gasteiger partial charge on any atom is -0.454 e. The zero-order valence-corrected chi connectivity index (χ0v) is 16.2. The third-order valence-electron chi connectivity index (χ3n) is 4.17. The SMILES string of the molecule is CC(C)C(=O)Nc1ccc(C(=O)[C@H](C)OC(=O)CCc2ccc(F)cc2)cc1. The molecule has 148 valence electrons. The molecule has 0 aromatic heterocycles. The van der Waals surface area contributed by atoms with Crippen molar-refractivity contribution < 1.29 is 23.5 Å². The zero-order valence-electron chi connectivity index (χ0n) is 16.2. The van der Waals surface area contributed by atoms with Crippen LogP contribution in [0.2, 0.25) is 0 Å². The Hall–Kier alpha value is -3.02. The summed E-state index contributed by atoms with van der Waals surface area (Å²) >= 11 is 0. The number of carbonyl (C=O) groups excluding carboxylic acids is 3. The average Bonchev–Trinajstić information content (AvgIpc) is 2.67. The third kappa shape index (κ3) is 6.30. The summed E-state index contributed by atoms with van der Waals surface area (Å²) in [5.41, 5.74) is 1.80. The van der Waals surface area contributed by atoms with Crippen molar-refractivity contribution in [2.75, 3.05) is 5.32 Å². The summed E-state index contributed by atoms with van der Waals surface area (Å²) in [7, 11) is 0. The number of aryl methyl sites for hydroxylation is 1. The van der Waals surface area contributed by atoms with Crippen molar-refractivity contribution in [3.05, 3.63) is 65.5 Å². The number of halogens is 1. The van der Waals surface area contributed by atoms with Crippen LogP contribution in [0.4, 0.5) is 10.1 Å². The maximum atomic E-state index is 12.9. The molecule has 5 nitrogen and oxygen atoms in total. The summed E-state index contributed by atoms with van der Waals surface area (Å²) in [5.74, 6) is -1.40. The fourth-order valence-electron chi connectivity index (χ4n) is 2.45. The van der Waals surface area contributed by atoms with Gasteiger partial charge in [-0.1, -0.05) is 26.0 Å². The van der Waals surface area contributed by atoms with E-state index >= 15 is 0 Å². The van der Waals surface area contributed by atoms with E-state index in [1.165, 1.54) is 19.1 Å². The molecule has 0 saturated carbocycles. The van der Waals surface area contributed by atoms with E-state index in [0.717, 1.165) is 5.56 Å². The summed E-state index contributed by atoms with van der Waals surface area (Å²) in [6, 6.07) is 12.3. The molecule has 0 saturated heterocycles. The van der Waals surface area contributed by atoms with Gasteiger partial charge in [0.15, 0.2) is 6.10 Å². The zero-order chi connectivity index (χ0) is 20.7. The first-order valence-corrected chi connectivity index (χ1v) is 9.15. The molecular weight excluding hydrogens is 361 g/mol. The normalized spacial score (nSPS) is 11.8. The van der Waals surface area contributed by atoms with Crippen molar-refractivity contribution in [3.8, 4) is 0 Å². The molecule has 6 heteroatoms. The Balaban J connectivity index is 1.86. The molecule has 28 heavy (non-hydrogen) atoms. The van der Waals surface area contributed by atoms with Gasteiger partial charge < -0.3 is 10.1 Å². The second kappa shape index (κ2) is 9.78. The van der Waals surface area contributed by atoms with Gasteiger partial charge in [-0.3, -0.25) is 14.4 Å². The summed E-state index contributed by atoms with van der Waals surface area (Å²) < 4.78 is 18.1. The molecule has 0 heterocycles. The van der Waals surface area contributed by atoms with Crippen LogP contribution in [0.5, 0.6) is 0 Å². The lowest BCUT2D eigenvalue weighted by Gasteiger charge is -2.13. The van der Waals surface area contributed by atoms with Crippen LogP contribution in [0.25, 0.3) is 0 Å². The second-order valence-corrected chi connectivity index (χ2v) is 6.84. The topological polar surface area (TPSA) is 72.5 Å². The summed E-state index contributed by atoms with van der Waals surface area (Å²) in [4.78, 5) is 36.1. The van der Waals surface area contributed by atoms with E-state index in [9.17, 15) is 18.8 Å². The Morgan fingerprint density at radius 3 is 2.14 bits per heavy atom. The largest absolute Gasteiger partial charge is 0.454 e. The number of ether oxygens (including phenoxy) is 1. The third-order valence-corrected chi connectivity index (χ3v) is 4.17. The smallest absolute Gasteiger partial charge is 0.306 e. The van der Waals surface area contributed by atoms with E-state index in [4.69, 9.17) is 4.74 Å². The van der Waals surface area contributed by atoms with E-state index in [-0.39, 0.29) is 29.8 Å². The van der Waals surface area contributed by atoms with Gasteiger partial charge in [0.05, 0.1) is 0 Å². The predicted molar refractivity (Wildman–Crippen MR) is 105 cm³/mol. The Labute approximate surface area is 163 Å². The number of ketones is 1. The monoisotopic (exact) mass is 385 g/mol. The van der Waals surface area contributed by atoms with Gasteiger partial charge in [-0.25, -0.2) is 4.39 Å². The Morgan fingerprint density at radius 1 is 0.964 bits per heavy atom. The van der Waals surface area contributed by atoms with Crippen molar-refractivity contribution in [1.29, 1.82) is 0 Å². The quantitative estimate of drug-likeness (QED) is 0.547. The van der Waals surface area contributed by atoms with Crippen LogP contribution in [0, 0.1) is 11.7 Å². The molecule has 0 aliphatic heterocycles. The van der Waals surface area contributed by atoms with Gasteiger partial charge in [0.1, 0.15) is 5.82 Å². The van der Waals surface area contributed by atoms with Crippen LogP contribution < -0.4 is 5.32 Å². The van der Waals surface area contributed by atoms with Gasteiger partial charge >= 0.3 is 5.97 Å². The van der Waals surface area contributed by atoms with Crippen LogP contribution >= 0.6 is 0 Å². The molecule has 1 N–H and O–H groups in total. The fourth-order valence-corrected chi connectivity index (χ4v) is 2.45. The van der Waals surface area contributed by atoms with Crippen molar-refractivity contribution in [2.24, 2.45) is 5.92 Å². The lowest BCUT2D eigenvalue weighted by atomic mass is 10.1. The van der Waals surface area contributed by atoms with E-state index in [1.54, 1.807) is 50.2 Å². The Kier molecular flexibility index (Phi) is 7.44. The van der Waals surface area contributed by atoms with Gasteiger partial charge in [-0.15, -0.1) is 0 Å². The maximum Gasteiger partial charge on any atom is 0.306 e. The number of benzene rings is 2. The number of esters is 1. The maximum absolute atomic E-state index is 12.9. The highest BCUT2D eigenvalue weighted by atomic mass is 19.1. The molecule has 2 aromatic carbocycles. The molecule has 0 fully saturated rings. The lowest BCUT2D eigenvalue weighted by Crippen LogP contribution is -2.24. The number of amides is 1. The van der Waals surface area contributed by atoms with Crippen molar-refractivity contribution in [3.63, 3.8) is 0 Å². The Morgan fingerprint density at radius 2 is 1.57 bits per heavy atom. The number of carbonyl (C=O) groups is 3. The molecule has 0 radical (unpaired) electrons. The molecule has 1 atom stereocenters. The second-order valence-electron chi connectivity index (χ2n) is 6.84.